The number of hydrogen-bond donors (Lipinski definition) is 1. The molecule has 5 unspecified atom stereocenters. The van der Waals surface area contributed by atoms with E-state index in [1.807, 2.05) is 0 Å². The van der Waals surface area contributed by atoms with Crippen LogP contribution >= 0.6 is 0 Å². The predicted octanol–water partition coefficient (Wildman–Crippen LogP) is 3.36. The summed E-state index contributed by atoms with van der Waals surface area (Å²) in [7, 11) is 0. The molecular formula is C15H29NO. The molecule has 0 spiro atoms. The minimum atomic E-state index is 0.363. The van der Waals surface area contributed by atoms with E-state index in [9.17, 15) is 0 Å². The Hall–Kier alpha value is -0.0800. The van der Waals surface area contributed by atoms with E-state index >= 15 is 0 Å². The lowest BCUT2D eigenvalue weighted by Gasteiger charge is -2.54. The van der Waals surface area contributed by atoms with Crippen molar-refractivity contribution in [3.63, 3.8) is 0 Å². The lowest BCUT2D eigenvalue weighted by atomic mass is 9.61. The van der Waals surface area contributed by atoms with Crippen LogP contribution in [0.5, 0.6) is 0 Å². The first kappa shape index (κ1) is 13.4. The van der Waals surface area contributed by atoms with Gasteiger partial charge in [-0.1, -0.05) is 20.8 Å². The molecule has 0 heterocycles. The molecule has 2 rings (SSSR count). The summed E-state index contributed by atoms with van der Waals surface area (Å²) in [4.78, 5) is 0. The molecule has 0 aromatic carbocycles. The molecule has 2 saturated carbocycles. The van der Waals surface area contributed by atoms with Gasteiger partial charge >= 0.3 is 0 Å². The van der Waals surface area contributed by atoms with Crippen LogP contribution in [0.3, 0.4) is 0 Å². The van der Waals surface area contributed by atoms with Gasteiger partial charge < -0.3 is 10.1 Å². The SMILES string of the molecule is CCOC1CC(NC2CCC(C)C2)C1(C)CC. The maximum Gasteiger partial charge on any atom is 0.0658 e. The first-order valence-corrected chi connectivity index (χ1v) is 7.47. The van der Waals surface area contributed by atoms with E-state index in [4.69, 9.17) is 4.74 Å². The van der Waals surface area contributed by atoms with Gasteiger partial charge in [-0.3, -0.25) is 0 Å². The highest BCUT2D eigenvalue weighted by Gasteiger charge is 2.51. The summed E-state index contributed by atoms with van der Waals surface area (Å²) in [5, 5.41) is 3.90. The van der Waals surface area contributed by atoms with Gasteiger partial charge in [0.05, 0.1) is 6.10 Å². The van der Waals surface area contributed by atoms with Crippen molar-refractivity contribution in [3.05, 3.63) is 0 Å². The van der Waals surface area contributed by atoms with Crippen molar-refractivity contribution in [2.24, 2.45) is 11.3 Å². The summed E-state index contributed by atoms with van der Waals surface area (Å²) in [5.74, 6) is 0.920. The van der Waals surface area contributed by atoms with Crippen LogP contribution < -0.4 is 5.32 Å². The third-order valence-electron chi connectivity index (χ3n) is 5.24. The molecule has 0 aromatic rings. The van der Waals surface area contributed by atoms with Gasteiger partial charge in [0.1, 0.15) is 0 Å². The highest BCUT2D eigenvalue weighted by molar-refractivity contribution is 5.06. The van der Waals surface area contributed by atoms with E-state index in [1.54, 1.807) is 0 Å². The quantitative estimate of drug-likeness (QED) is 0.794. The Morgan fingerprint density at radius 2 is 2.00 bits per heavy atom. The van der Waals surface area contributed by atoms with Crippen LogP contribution in [0.1, 0.15) is 59.8 Å². The van der Waals surface area contributed by atoms with Gasteiger partial charge in [-0.25, -0.2) is 0 Å². The highest BCUT2D eigenvalue weighted by atomic mass is 16.5. The molecule has 2 fully saturated rings. The Morgan fingerprint density at radius 3 is 2.53 bits per heavy atom. The van der Waals surface area contributed by atoms with Gasteiger partial charge in [0.15, 0.2) is 0 Å². The third-order valence-corrected chi connectivity index (χ3v) is 5.24. The Balaban J connectivity index is 1.86. The molecule has 2 aliphatic carbocycles. The van der Waals surface area contributed by atoms with E-state index in [1.165, 1.54) is 32.1 Å². The summed E-state index contributed by atoms with van der Waals surface area (Å²) in [6, 6.07) is 1.45. The zero-order chi connectivity index (χ0) is 12.5. The van der Waals surface area contributed by atoms with Crippen LogP contribution in [0, 0.1) is 11.3 Å². The van der Waals surface area contributed by atoms with Crippen molar-refractivity contribution in [1.82, 2.24) is 5.32 Å². The average Bonchev–Trinajstić information content (AvgIpc) is 2.72. The summed E-state index contributed by atoms with van der Waals surface area (Å²) in [6.07, 6.45) is 7.06. The van der Waals surface area contributed by atoms with Crippen LogP contribution in [-0.2, 0) is 4.74 Å². The van der Waals surface area contributed by atoms with Gasteiger partial charge in [-0.05, 0) is 44.9 Å². The monoisotopic (exact) mass is 239 g/mol. The summed E-state index contributed by atoms with van der Waals surface area (Å²) < 4.78 is 5.86. The van der Waals surface area contributed by atoms with Gasteiger partial charge in [-0.15, -0.1) is 0 Å². The van der Waals surface area contributed by atoms with Gasteiger partial charge in [-0.2, -0.15) is 0 Å². The maximum absolute atomic E-state index is 5.86. The Morgan fingerprint density at radius 1 is 1.24 bits per heavy atom. The zero-order valence-corrected chi connectivity index (χ0v) is 12.0. The molecule has 0 radical (unpaired) electrons. The molecule has 0 saturated heterocycles. The van der Waals surface area contributed by atoms with Crippen LogP contribution in [0.4, 0.5) is 0 Å². The first-order chi connectivity index (χ1) is 8.10. The van der Waals surface area contributed by atoms with E-state index in [0.29, 0.717) is 17.6 Å². The zero-order valence-electron chi connectivity index (χ0n) is 12.0. The van der Waals surface area contributed by atoms with Crippen molar-refractivity contribution in [2.45, 2.75) is 78.0 Å². The lowest BCUT2D eigenvalue weighted by molar-refractivity contribution is -0.128. The fraction of sp³-hybridized carbons (Fsp3) is 1.00. The Kier molecular flexibility index (Phi) is 4.14. The normalized spacial score (nSPS) is 45.9. The number of rotatable bonds is 5. The summed E-state index contributed by atoms with van der Waals surface area (Å²) in [5.41, 5.74) is 0.363. The van der Waals surface area contributed by atoms with Crippen molar-refractivity contribution in [1.29, 1.82) is 0 Å². The Labute approximate surface area is 107 Å². The minimum Gasteiger partial charge on any atom is -0.378 e. The molecule has 100 valence electrons. The fourth-order valence-corrected chi connectivity index (χ4v) is 3.65. The molecule has 17 heavy (non-hydrogen) atoms. The van der Waals surface area contributed by atoms with E-state index in [2.05, 4.69) is 33.0 Å². The molecule has 0 aromatic heterocycles. The number of ether oxygens (including phenoxy) is 1. The van der Waals surface area contributed by atoms with E-state index in [-0.39, 0.29) is 0 Å². The maximum atomic E-state index is 5.86. The molecule has 0 bridgehead atoms. The van der Waals surface area contributed by atoms with E-state index in [0.717, 1.165) is 18.6 Å². The molecule has 2 aliphatic rings. The predicted molar refractivity (Wildman–Crippen MR) is 72.2 cm³/mol. The van der Waals surface area contributed by atoms with Crippen LogP contribution in [0.15, 0.2) is 0 Å². The smallest absolute Gasteiger partial charge is 0.0658 e. The molecular weight excluding hydrogens is 210 g/mol. The molecule has 0 aliphatic heterocycles. The average molecular weight is 239 g/mol. The van der Waals surface area contributed by atoms with Crippen LogP contribution in [-0.4, -0.2) is 24.8 Å². The molecule has 1 N–H and O–H groups in total. The number of nitrogens with one attached hydrogen (secondary N) is 1. The standard InChI is InChI=1S/C15H29NO/c1-5-15(4)13(10-14(15)17-6-2)16-12-8-7-11(3)9-12/h11-14,16H,5-10H2,1-4H3. The topological polar surface area (TPSA) is 21.3 Å². The van der Waals surface area contributed by atoms with E-state index < -0.39 is 0 Å². The summed E-state index contributed by atoms with van der Waals surface area (Å²) >= 11 is 0. The third kappa shape index (κ3) is 2.53. The van der Waals surface area contributed by atoms with Gasteiger partial charge in [0, 0.05) is 24.1 Å². The first-order valence-electron chi connectivity index (χ1n) is 7.47. The second kappa shape index (κ2) is 5.27. The second-order valence-corrected chi connectivity index (χ2v) is 6.37. The Bertz CT molecular complexity index is 255. The van der Waals surface area contributed by atoms with Crippen molar-refractivity contribution < 1.29 is 4.74 Å². The molecule has 0 amide bonds. The molecule has 2 heteroatoms. The van der Waals surface area contributed by atoms with Crippen LogP contribution in [0.25, 0.3) is 0 Å². The number of hydrogen-bond acceptors (Lipinski definition) is 2. The summed E-state index contributed by atoms with van der Waals surface area (Å²) in [6.45, 7) is 10.0. The van der Waals surface area contributed by atoms with Gasteiger partial charge in [0.25, 0.3) is 0 Å². The van der Waals surface area contributed by atoms with Crippen molar-refractivity contribution in [3.8, 4) is 0 Å². The van der Waals surface area contributed by atoms with Crippen LogP contribution in [0.2, 0.25) is 0 Å². The molecule has 5 atom stereocenters. The second-order valence-electron chi connectivity index (χ2n) is 6.37. The van der Waals surface area contributed by atoms with Gasteiger partial charge in [0.2, 0.25) is 0 Å². The lowest BCUT2D eigenvalue weighted by Crippen LogP contribution is -2.63. The molecule has 2 nitrogen and oxygen atoms in total. The highest BCUT2D eigenvalue weighted by Crippen LogP contribution is 2.46. The largest absolute Gasteiger partial charge is 0.378 e. The van der Waals surface area contributed by atoms with Crippen molar-refractivity contribution in [2.75, 3.05) is 6.61 Å². The minimum absolute atomic E-state index is 0.363. The fourth-order valence-electron chi connectivity index (χ4n) is 3.65. The van der Waals surface area contributed by atoms with Crippen molar-refractivity contribution >= 4 is 0 Å².